The summed E-state index contributed by atoms with van der Waals surface area (Å²) in [4.78, 5) is 23.4. The summed E-state index contributed by atoms with van der Waals surface area (Å²) in [6.45, 7) is 0. The summed E-state index contributed by atoms with van der Waals surface area (Å²) in [5, 5.41) is 5.30. The molecule has 0 aromatic carbocycles. The van der Waals surface area contributed by atoms with Gasteiger partial charge in [0.25, 0.3) is 0 Å². The van der Waals surface area contributed by atoms with Crippen molar-refractivity contribution in [3.63, 3.8) is 0 Å². The summed E-state index contributed by atoms with van der Waals surface area (Å²) in [6, 6.07) is 0. The van der Waals surface area contributed by atoms with E-state index in [9.17, 15) is 9.59 Å². The highest BCUT2D eigenvalue weighted by Crippen LogP contribution is 2.48. The average molecular weight is 208 g/mol. The van der Waals surface area contributed by atoms with Gasteiger partial charge >= 0.3 is 0 Å². The number of amides is 2. The van der Waals surface area contributed by atoms with Gasteiger partial charge in [0.1, 0.15) is 0 Å². The summed E-state index contributed by atoms with van der Waals surface area (Å²) in [6.07, 6.45) is 5.09. The monoisotopic (exact) mass is 208 g/mol. The summed E-state index contributed by atoms with van der Waals surface area (Å²) in [7, 11) is 3.25. The molecule has 2 N–H and O–H groups in total. The fourth-order valence-electron chi connectivity index (χ4n) is 2.87. The van der Waals surface area contributed by atoms with Gasteiger partial charge in [-0.1, -0.05) is 12.2 Å². The van der Waals surface area contributed by atoms with E-state index in [4.69, 9.17) is 0 Å². The average Bonchev–Trinajstić information content (AvgIpc) is 2.86. The van der Waals surface area contributed by atoms with Crippen LogP contribution in [-0.2, 0) is 9.59 Å². The second-order valence-corrected chi connectivity index (χ2v) is 4.23. The first-order chi connectivity index (χ1) is 7.19. The maximum atomic E-state index is 11.7. The van der Waals surface area contributed by atoms with E-state index in [-0.39, 0.29) is 35.5 Å². The molecule has 2 aliphatic carbocycles. The third-order valence-corrected chi connectivity index (χ3v) is 3.56. The van der Waals surface area contributed by atoms with Crippen LogP contribution in [0.15, 0.2) is 12.2 Å². The standard InChI is InChI=1S/C11H16N2O2/c1-12-10(14)8-6-3-4-7(5-6)9(8)11(15)13-2/h3-4,6-9H,5H2,1-2H3,(H,12,14)(H,13,15)/t6-,7-,8-,9-/m0/s1. The van der Waals surface area contributed by atoms with Crippen molar-refractivity contribution in [1.29, 1.82) is 0 Å². The molecule has 0 aromatic heterocycles. The van der Waals surface area contributed by atoms with Crippen molar-refractivity contribution in [1.82, 2.24) is 10.6 Å². The highest BCUT2D eigenvalue weighted by atomic mass is 16.2. The topological polar surface area (TPSA) is 58.2 Å². The maximum Gasteiger partial charge on any atom is 0.224 e. The molecule has 0 radical (unpaired) electrons. The molecule has 0 aliphatic heterocycles. The number of fused-ring (bicyclic) bond motifs is 2. The van der Waals surface area contributed by atoms with Gasteiger partial charge in [0.2, 0.25) is 11.8 Å². The fraction of sp³-hybridized carbons (Fsp3) is 0.636. The lowest BCUT2D eigenvalue weighted by atomic mass is 9.82. The smallest absolute Gasteiger partial charge is 0.224 e. The van der Waals surface area contributed by atoms with Gasteiger partial charge in [0.15, 0.2) is 0 Å². The van der Waals surface area contributed by atoms with Gasteiger partial charge in [0.05, 0.1) is 11.8 Å². The lowest BCUT2D eigenvalue weighted by Gasteiger charge is -2.24. The van der Waals surface area contributed by atoms with Crippen LogP contribution >= 0.6 is 0 Å². The highest BCUT2D eigenvalue weighted by molar-refractivity contribution is 5.89. The molecule has 0 heterocycles. The lowest BCUT2D eigenvalue weighted by Crippen LogP contribution is -2.42. The van der Waals surface area contributed by atoms with Crippen LogP contribution in [0.5, 0.6) is 0 Å². The second kappa shape index (κ2) is 3.68. The van der Waals surface area contributed by atoms with E-state index < -0.39 is 0 Å². The molecule has 0 saturated heterocycles. The van der Waals surface area contributed by atoms with Crippen molar-refractivity contribution in [2.45, 2.75) is 6.42 Å². The Morgan fingerprint density at radius 2 is 1.40 bits per heavy atom. The van der Waals surface area contributed by atoms with Gasteiger partial charge in [-0.25, -0.2) is 0 Å². The zero-order chi connectivity index (χ0) is 11.0. The van der Waals surface area contributed by atoms with Crippen LogP contribution in [0.3, 0.4) is 0 Å². The molecule has 2 aliphatic rings. The molecule has 0 spiro atoms. The molecular weight excluding hydrogens is 192 g/mol. The fourth-order valence-corrected chi connectivity index (χ4v) is 2.87. The van der Waals surface area contributed by atoms with Crippen LogP contribution in [0.4, 0.5) is 0 Å². The predicted octanol–water partition coefficient (Wildman–Crippen LogP) is -0.0833. The Hall–Kier alpha value is -1.32. The van der Waals surface area contributed by atoms with Crippen molar-refractivity contribution >= 4 is 11.8 Å². The Labute approximate surface area is 89.1 Å². The number of carbonyl (C=O) groups is 2. The van der Waals surface area contributed by atoms with Crippen molar-refractivity contribution in [3.8, 4) is 0 Å². The Morgan fingerprint density at radius 1 is 1.00 bits per heavy atom. The molecule has 2 amide bonds. The van der Waals surface area contributed by atoms with Crippen LogP contribution in [0.25, 0.3) is 0 Å². The van der Waals surface area contributed by atoms with Gasteiger partial charge in [-0.2, -0.15) is 0 Å². The number of allylic oxidation sites excluding steroid dienone is 2. The molecule has 4 heteroatoms. The number of carbonyl (C=O) groups excluding carboxylic acids is 2. The van der Waals surface area contributed by atoms with Crippen LogP contribution < -0.4 is 10.6 Å². The SMILES string of the molecule is CNC(=O)[C@@H]1[C@@H](C(=O)NC)[C@H]2C=C[C@H]1C2. The van der Waals surface area contributed by atoms with E-state index in [1.807, 2.05) is 0 Å². The molecule has 2 bridgehead atoms. The Bertz CT molecular complexity index is 295. The quantitative estimate of drug-likeness (QED) is 0.623. The molecule has 0 aromatic rings. The predicted molar refractivity (Wildman–Crippen MR) is 55.9 cm³/mol. The van der Waals surface area contributed by atoms with E-state index in [0.717, 1.165) is 6.42 Å². The Kier molecular flexibility index (Phi) is 2.50. The first-order valence-electron chi connectivity index (χ1n) is 5.30. The Balaban J connectivity index is 2.24. The number of hydrogen-bond acceptors (Lipinski definition) is 2. The van der Waals surface area contributed by atoms with E-state index in [2.05, 4.69) is 22.8 Å². The molecule has 82 valence electrons. The summed E-state index contributed by atoms with van der Waals surface area (Å²) in [5.41, 5.74) is 0. The van der Waals surface area contributed by atoms with E-state index in [1.165, 1.54) is 0 Å². The first kappa shape index (κ1) is 10.2. The molecule has 4 atom stereocenters. The first-order valence-corrected chi connectivity index (χ1v) is 5.30. The summed E-state index contributed by atoms with van der Waals surface area (Å²) in [5.74, 6) is 0.116. The van der Waals surface area contributed by atoms with Crippen molar-refractivity contribution in [2.24, 2.45) is 23.7 Å². The van der Waals surface area contributed by atoms with Crippen molar-refractivity contribution < 1.29 is 9.59 Å². The molecule has 15 heavy (non-hydrogen) atoms. The second-order valence-electron chi connectivity index (χ2n) is 4.23. The van der Waals surface area contributed by atoms with E-state index in [1.54, 1.807) is 14.1 Å². The highest BCUT2D eigenvalue weighted by Gasteiger charge is 2.50. The molecule has 1 fully saturated rings. The summed E-state index contributed by atoms with van der Waals surface area (Å²) < 4.78 is 0. The van der Waals surface area contributed by atoms with E-state index in [0.29, 0.717) is 0 Å². The lowest BCUT2D eigenvalue weighted by molar-refractivity contribution is -0.134. The third kappa shape index (κ3) is 1.44. The normalized spacial score (nSPS) is 36.7. The number of nitrogens with one attached hydrogen (secondary N) is 2. The molecule has 0 unspecified atom stereocenters. The van der Waals surface area contributed by atoms with Crippen molar-refractivity contribution in [2.75, 3.05) is 14.1 Å². The zero-order valence-corrected chi connectivity index (χ0v) is 8.99. The number of hydrogen-bond donors (Lipinski definition) is 2. The van der Waals surface area contributed by atoms with Crippen LogP contribution in [0.1, 0.15) is 6.42 Å². The van der Waals surface area contributed by atoms with Gasteiger partial charge in [0, 0.05) is 14.1 Å². The molecule has 4 nitrogen and oxygen atoms in total. The van der Waals surface area contributed by atoms with Gasteiger partial charge in [-0.15, -0.1) is 0 Å². The summed E-state index contributed by atoms with van der Waals surface area (Å²) >= 11 is 0. The van der Waals surface area contributed by atoms with Gasteiger partial charge in [-0.05, 0) is 18.3 Å². The molecule has 2 rings (SSSR count). The minimum absolute atomic E-state index is 0.0135. The third-order valence-electron chi connectivity index (χ3n) is 3.56. The van der Waals surface area contributed by atoms with Crippen molar-refractivity contribution in [3.05, 3.63) is 12.2 Å². The van der Waals surface area contributed by atoms with Gasteiger partial charge < -0.3 is 10.6 Å². The van der Waals surface area contributed by atoms with E-state index >= 15 is 0 Å². The minimum atomic E-state index is -0.176. The van der Waals surface area contributed by atoms with Gasteiger partial charge in [-0.3, -0.25) is 9.59 Å². The largest absolute Gasteiger partial charge is 0.359 e. The number of rotatable bonds is 2. The van der Waals surface area contributed by atoms with Crippen LogP contribution in [0, 0.1) is 23.7 Å². The maximum absolute atomic E-state index is 11.7. The zero-order valence-electron chi connectivity index (χ0n) is 8.99. The van der Waals surface area contributed by atoms with Crippen LogP contribution in [0.2, 0.25) is 0 Å². The minimum Gasteiger partial charge on any atom is -0.359 e. The van der Waals surface area contributed by atoms with Crippen LogP contribution in [-0.4, -0.2) is 25.9 Å². The molecule has 1 saturated carbocycles. The molecular formula is C11H16N2O2. The Morgan fingerprint density at radius 3 is 1.73 bits per heavy atom.